The lowest BCUT2D eigenvalue weighted by molar-refractivity contribution is -0.134. The summed E-state index contributed by atoms with van der Waals surface area (Å²) in [7, 11) is 0. The molecule has 0 aliphatic carbocycles. The third kappa shape index (κ3) is 5.41. The van der Waals surface area contributed by atoms with E-state index in [0.717, 1.165) is 11.1 Å². The molecule has 2 amide bonds. The first-order chi connectivity index (χ1) is 13.7. The van der Waals surface area contributed by atoms with Gasteiger partial charge in [0.25, 0.3) is 0 Å². The van der Waals surface area contributed by atoms with E-state index in [0.29, 0.717) is 32.6 Å². The molecule has 2 aromatic carbocycles. The van der Waals surface area contributed by atoms with Crippen LogP contribution in [0.25, 0.3) is 11.1 Å². The Labute approximate surface area is 165 Å². The van der Waals surface area contributed by atoms with Gasteiger partial charge in [-0.05, 0) is 23.1 Å². The number of amides is 2. The molecule has 1 aliphatic rings. The minimum absolute atomic E-state index is 0.0370. The summed E-state index contributed by atoms with van der Waals surface area (Å²) in [5.41, 5.74) is 3.43. The maximum Gasteiger partial charge on any atom is 0.237 e. The molecule has 28 heavy (non-hydrogen) atoms. The van der Waals surface area contributed by atoms with Gasteiger partial charge in [-0.1, -0.05) is 54.6 Å². The van der Waals surface area contributed by atoms with Crippen LogP contribution < -0.4 is 10.6 Å². The van der Waals surface area contributed by atoms with E-state index in [4.69, 9.17) is 5.11 Å². The molecule has 1 saturated heterocycles. The molecule has 0 radical (unpaired) electrons. The van der Waals surface area contributed by atoms with Crippen molar-refractivity contribution in [3.8, 4) is 11.1 Å². The maximum atomic E-state index is 12.3. The number of benzene rings is 2. The molecule has 1 aliphatic heterocycles. The van der Waals surface area contributed by atoms with Crippen LogP contribution in [0.15, 0.2) is 54.6 Å². The summed E-state index contributed by atoms with van der Waals surface area (Å²) < 4.78 is 0. The number of nitrogens with one attached hydrogen (secondary N) is 2. The van der Waals surface area contributed by atoms with Gasteiger partial charge in [-0.2, -0.15) is 0 Å². The number of aliphatic hydroxyl groups excluding tert-OH is 1. The molecule has 3 rings (SSSR count). The van der Waals surface area contributed by atoms with Gasteiger partial charge in [-0.3, -0.25) is 14.5 Å². The van der Waals surface area contributed by atoms with Crippen molar-refractivity contribution >= 4 is 11.8 Å². The number of hydrogen-bond acceptors (Lipinski definition) is 4. The quantitative estimate of drug-likeness (QED) is 0.606. The van der Waals surface area contributed by atoms with Crippen LogP contribution in [0.4, 0.5) is 0 Å². The summed E-state index contributed by atoms with van der Waals surface area (Å²) in [6, 6.07) is 18.1. The van der Waals surface area contributed by atoms with Crippen LogP contribution in [-0.4, -0.2) is 54.1 Å². The number of aliphatic hydroxyl groups is 1. The zero-order valence-corrected chi connectivity index (χ0v) is 15.9. The molecule has 0 unspecified atom stereocenters. The average molecular weight is 381 g/mol. The fraction of sp³-hybridized carbons (Fsp3) is 0.364. The van der Waals surface area contributed by atoms with Crippen molar-refractivity contribution in [2.75, 3.05) is 26.2 Å². The fourth-order valence-electron chi connectivity index (χ4n) is 3.40. The average Bonchev–Trinajstić information content (AvgIpc) is 2.72. The molecular formula is C22H27N3O3. The van der Waals surface area contributed by atoms with Gasteiger partial charge in [0, 0.05) is 32.8 Å². The topological polar surface area (TPSA) is 81.7 Å². The van der Waals surface area contributed by atoms with Gasteiger partial charge in [-0.25, -0.2) is 0 Å². The van der Waals surface area contributed by atoms with Crippen molar-refractivity contribution in [2.24, 2.45) is 0 Å². The second kappa shape index (κ2) is 10.0. The van der Waals surface area contributed by atoms with Crippen LogP contribution in [0.1, 0.15) is 18.4 Å². The maximum absolute atomic E-state index is 12.3. The second-order valence-corrected chi connectivity index (χ2v) is 6.97. The number of carbonyl (C=O) groups excluding carboxylic acids is 2. The third-order valence-electron chi connectivity index (χ3n) is 4.92. The molecule has 6 heteroatoms. The normalized spacial score (nSPS) is 17.2. The molecule has 1 atom stereocenters. The van der Waals surface area contributed by atoms with Gasteiger partial charge in [0.1, 0.15) is 0 Å². The van der Waals surface area contributed by atoms with Crippen molar-refractivity contribution in [3.05, 3.63) is 60.2 Å². The van der Waals surface area contributed by atoms with Crippen molar-refractivity contribution in [1.82, 2.24) is 15.5 Å². The summed E-state index contributed by atoms with van der Waals surface area (Å²) in [6.07, 6.45) is 0.638. The molecule has 1 fully saturated rings. The van der Waals surface area contributed by atoms with Crippen molar-refractivity contribution in [1.29, 1.82) is 0 Å². The summed E-state index contributed by atoms with van der Waals surface area (Å²) in [4.78, 5) is 26.5. The van der Waals surface area contributed by atoms with Gasteiger partial charge in [0.2, 0.25) is 11.8 Å². The van der Waals surface area contributed by atoms with E-state index in [9.17, 15) is 9.59 Å². The van der Waals surface area contributed by atoms with E-state index in [2.05, 4.69) is 51.9 Å². The molecule has 1 heterocycles. The highest BCUT2D eigenvalue weighted by Crippen LogP contribution is 2.21. The molecule has 0 aromatic heterocycles. The minimum atomic E-state index is -0.475. The van der Waals surface area contributed by atoms with Gasteiger partial charge >= 0.3 is 0 Å². The van der Waals surface area contributed by atoms with E-state index in [1.54, 1.807) is 0 Å². The van der Waals surface area contributed by atoms with E-state index in [-0.39, 0.29) is 24.8 Å². The summed E-state index contributed by atoms with van der Waals surface area (Å²) in [5, 5.41) is 14.4. The van der Waals surface area contributed by atoms with Crippen molar-refractivity contribution in [3.63, 3.8) is 0 Å². The Morgan fingerprint density at radius 2 is 1.82 bits per heavy atom. The smallest absolute Gasteiger partial charge is 0.237 e. The number of hydrogen-bond donors (Lipinski definition) is 3. The summed E-state index contributed by atoms with van der Waals surface area (Å²) in [6.45, 7) is 2.38. The van der Waals surface area contributed by atoms with Gasteiger partial charge in [-0.15, -0.1) is 0 Å². The molecule has 0 saturated carbocycles. The molecule has 148 valence electrons. The highest BCUT2D eigenvalue weighted by molar-refractivity contribution is 5.88. The molecular weight excluding hydrogens is 354 g/mol. The Balaban J connectivity index is 1.63. The van der Waals surface area contributed by atoms with Crippen LogP contribution in [-0.2, 0) is 16.1 Å². The number of rotatable bonds is 8. The lowest BCUT2D eigenvalue weighted by Gasteiger charge is -2.34. The van der Waals surface area contributed by atoms with Crippen LogP contribution in [0, 0.1) is 0 Å². The first-order valence-corrected chi connectivity index (χ1v) is 9.71. The Bertz CT molecular complexity index is 777. The van der Waals surface area contributed by atoms with Gasteiger partial charge in [0.15, 0.2) is 0 Å². The molecule has 3 N–H and O–H groups in total. The molecule has 6 nitrogen and oxygen atoms in total. The largest absolute Gasteiger partial charge is 0.396 e. The van der Waals surface area contributed by atoms with Crippen molar-refractivity contribution in [2.45, 2.75) is 25.4 Å². The lowest BCUT2D eigenvalue weighted by atomic mass is 10.0. The van der Waals surface area contributed by atoms with E-state index in [1.807, 2.05) is 18.2 Å². The van der Waals surface area contributed by atoms with Crippen LogP contribution in [0.5, 0.6) is 0 Å². The number of piperazine rings is 1. The predicted octanol–water partition coefficient (Wildman–Crippen LogP) is 1.54. The number of carbonyl (C=O) groups is 2. The fourth-order valence-corrected chi connectivity index (χ4v) is 3.40. The third-order valence-corrected chi connectivity index (χ3v) is 4.92. The van der Waals surface area contributed by atoms with Crippen LogP contribution in [0.3, 0.4) is 0 Å². The zero-order valence-electron chi connectivity index (χ0n) is 15.9. The highest BCUT2D eigenvalue weighted by Gasteiger charge is 2.31. The van der Waals surface area contributed by atoms with Crippen LogP contribution in [0.2, 0.25) is 0 Å². The molecule has 0 bridgehead atoms. The minimum Gasteiger partial charge on any atom is -0.396 e. The second-order valence-electron chi connectivity index (χ2n) is 6.97. The van der Waals surface area contributed by atoms with E-state index in [1.165, 1.54) is 5.56 Å². The molecule has 2 aromatic rings. The monoisotopic (exact) mass is 381 g/mol. The first-order valence-electron chi connectivity index (χ1n) is 9.71. The Morgan fingerprint density at radius 1 is 1.11 bits per heavy atom. The van der Waals surface area contributed by atoms with Gasteiger partial charge in [0.05, 0.1) is 12.5 Å². The number of nitrogens with zero attached hydrogens (tertiary/aromatic N) is 1. The predicted molar refractivity (Wildman–Crippen MR) is 108 cm³/mol. The Hall–Kier alpha value is -2.70. The van der Waals surface area contributed by atoms with Gasteiger partial charge < -0.3 is 15.7 Å². The van der Waals surface area contributed by atoms with Crippen molar-refractivity contribution < 1.29 is 14.7 Å². The summed E-state index contributed by atoms with van der Waals surface area (Å²) >= 11 is 0. The summed E-state index contributed by atoms with van der Waals surface area (Å²) in [5.74, 6) is -0.274. The SMILES string of the molecule is O=C(C[C@H]1C(=O)NCCN1Cc1ccc(-c2ccccc2)cc1)NCCCO. The Morgan fingerprint density at radius 3 is 2.54 bits per heavy atom. The van der Waals surface area contributed by atoms with Crippen LogP contribution >= 0.6 is 0 Å². The standard InChI is InChI=1S/C22H27N3O3/c26-14-4-11-23-21(27)15-20-22(28)24-12-13-25(20)16-17-7-9-19(10-8-17)18-5-2-1-3-6-18/h1-3,5-10,20,26H,4,11-16H2,(H,23,27)(H,24,28)/t20-/m0/s1. The Kier molecular flexibility index (Phi) is 7.17. The lowest BCUT2D eigenvalue weighted by Crippen LogP contribution is -2.56. The van der Waals surface area contributed by atoms with E-state index < -0.39 is 6.04 Å². The highest BCUT2D eigenvalue weighted by atomic mass is 16.3. The molecule has 0 spiro atoms. The van der Waals surface area contributed by atoms with E-state index >= 15 is 0 Å². The first kappa shape index (κ1) is 20.0. The zero-order chi connectivity index (χ0) is 19.8.